The van der Waals surface area contributed by atoms with Crippen LogP contribution in [0.3, 0.4) is 0 Å². The summed E-state index contributed by atoms with van der Waals surface area (Å²) in [5.41, 5.74) is 0.663. The van der Waals surface area contributed by atoms with Crippen molar-refractivity contribution in [3.63, 3.8) is 0 Å². The van der Waals surface area contributed by atoms with Crippen molar-refractivity contribution in [2.45, 2.75) is 25.0 Å². The van der Waals surface area contributed by atoms with Gasteiger partial charge in [-0.25, -0.2) is 0 Å². The first-order chi connectivity index (χ1) is 10.1. The van der Waals surface area contributed by atoms with E-state index < -0.39 is 0 Å². The van der Waals surface area contributed by atoms with Gasteiger partial charge in [0.25, 0.3) is 0 Å². The summed E-state index contributed by atoms with van der Waals surface area (Å²) < 4.78 is 7.13. The molecule has 0 atom stereocenters. The van der Waals surface area contributed by atoms with Crippen molar-refractivity contribution in [1.29, 1.82) is 0 Å². The van der Waals surface area contributed by atoms with E-state index in [0.29, 0.717) is 11.4 Å². The summed E-state index contributed by atoms with van der Waals surface area (Å²) in [6.45, 7) is 4.09. The molecule has 1 N–H and O–H groups in total. The van der Waals surface area contributed by atoms with Crippen LogP contribution in [0.4, 0.5) is 5.69 Å². The molecule has 0 aliphatic rings. The SMILES string of the molecule is COc1ccccc1NC(=O)CSc1nncn1C(C)C. The molecule has 0 saturated heterocycles. The van der Waals surface area contributed by atoms with Gasteiger partial charge in [-0.1, -0.05) is 23.9 Å². The van der Waals surface area contributed by atoms with Crippen molar-refractivity contribution in [2.24, 2.45) is 0 Å². The Morgan fingerprint density at radius 1 is 1.43 bits per heavy atom. The molecule has 2 aromatic rings. The fourth-order valence-corrected chi connectivity index (χ4v) is 2.60. The highest BCUT2D eigenvalue weighted by molar-refractivity contribution is 7.99. The van der Waals surface area contributed by atoms with Crippen molar-refractivity contribution in [1.82, 2.24) is 14.8 Å². The molecule has 7 heteroatoms. The molecule has 1 amide bonds. The smallest absolute Gasteiger partial charge is 0.234 e. The second-order valence-electron chi connectivity index (χ2n) is 4.65. The fraction of sp³-hybridized carbons (Fsp3) is 0.357. The fourth-order valence-electron chi connectivity index (χ4n) is 1.75. The number of ether oxygens (including phenoxy) is 1. The van der Waals surface area contributed by atoms with Crippen molar-refractivity contribution in [3.8, 4) is 5.75 Å². The molecule has 0 spiro atoms. The number of thioether (sulfide) groups is 1. The maximum atomic E-state index is 12.0. The molecule has 1 aromatic heterocycles. The van der Waals surface area contributed by atoms with Gasteiger partial charge in [0.2, 0.25) is 5.91 Å². The van der Waals surface area contributed by atoms with E-state index in [-0.39, 0.29) is 17.7 Å². The number of nitrogens with one attached hydrogen (secondary N) is 1. The van der Waals surface area contributed by atoms with Crippen LogP contribution >= 0.6 is 11.8 Å². The Hall–Kier alpha value is -2.02. The van der Waals surface area contributed by atoms with E-state index in [9.17, 15) is 4.79 Å². The van der Waals surface area contributed by atoms with Crippen molar-refractivity contribution >= 4 is 23.4 Å². The highest BCUT2D eigenvalue weighted by Crippen LogP contribution is 2.24. The number of hydrogen-bond acceptors (Lipinski definition) is 5. The lowest BCUT2D eigenvalue weighted by atomic mass is 10.3. The third kappa shape index (κ3) is 3.98. The Kier molecular flexibility index (Phi) is 5.21. The van der Waals surface area contributed by atoms with Crippen LogP contribution in [0.25, 0.3) is 0 Å². The van der Waals surface area contributed by atoms with Gasteiger partial charge in [-0.05, 0) is 26.0 Å². The monoisotopic (exact) mass is 306 g/mol. The maximum absolute atomic E-state index is 12.0. The Labute approximate surface area is 127 Å². The second kappa shape index (κ2) is 7.12. The molecule has 6 nitrogen and oxygen atoms in total. The van der Waals surface area contributed by atoms with Crippen LogP contribution < -0.4 is 10.1 Å². The quantitative estimate of drug-likeness (QED) is 0.831. The van der Waals surface area contributed by atoms with Crippen molar-refractivity contribution in [3.05, 3.63) is 30.6 Å². The van der Waals surface area contributed by atoms with Gasteiger partial charge in [-0.2, -0.15) is 0 Å². The summed E-state index contributed by atoms with van der Waals surface area (Å²) >= 11 is 1.36. The molecule has 0 aliphatic carbocycles. The van der Waals surface area contributed by atoms with E-state index in [1.807, 2.05) is 30.5 Å². The Bertz CT molecular complexity index is 613. The van der Waals surface area contributed by atoms with E-state index in [4.69, 9.17) is 4.74 Å². The van der Waals surface area contributed by atoms with Crippen LogP contribution in [0.15, 0.2) is 35.7 Å². The van der Waals surface area contributed by atoms with E-state index in [0.717, 1.165) is 5.16 Å². The number of rotatable bonds is 6. The van der Waals surface area contributed by atoms with Crippen LogP contribution in [0.2, 0.25) is 0 Å². The molecular weight excluding hydrogens is 288 g/mol. The summed E-state index contributed by atoms with van der Waals surface area (Å²) in [6, 6.07) is 7.57. The van der Waals surface area contributed by atoms with E-state index >= 15 is 0 Å². The Morgan fingerprint density at radius 2 is 2.19 bits per heavy atom. The normalized spacial score (nSPS) is 10.7. The second-order valence-corrected chi connectivity index (χ2v) is 5.59. The zero-order valence-corrected chi connectivity index (χ0v) is 13.1. The molecule has 0 unspecified atom stereocenters. The molecule has 1 aromatic carbocycles. The average molecular weight is 306 g/mol. The minimum atomic E-state index is -0.109. The number of anilines is 1. The van der Waals surface area contributed by atoms with Gasteiger partial charge in [0, 0.05) is 6.04 Å². The number of nitrogens with zero attached hydrogens (tertiary/aromatic N) is 3. The topological polar surface area (TPSA) is 69.0 Å². The molecule has 1 heterocycles. The molecule has 21 heavy (non-hydrogen) atoms. The highest BCUT2D eigenvalue weighted by Gasteiger charge is 2.12. The average Bonchev–Trinajstić information content (AvgIpc) is 2.94. The van der Waals surface area contributed by atoms with E-state index in [1.165, 1.54) is 11.8 Å². The van der Waals surface area contributed by atoms with E-state index in [1.54, 1.807) is 25.6 Å². The first kappa shape index (κ1) is 15.4. The molecule has 0 radical (unpaired) electrons. The van der Waals surface area contributed by atoms with Crippen molar-refractivity contribution < 1.29 is 9.53 Å². The number of methoxy groups -OCH3 is 1. The van der Waals surface area contributed by atoms with Gasteiger partial charge in [0.1, 0.15) is 12.1 Å². The molecule has 112 valence electrons. The first-order valence-corrected chi connectivity index (χ1v) is 7.55. The lowest BCUT2D eigenvalue weighted by molar-refractivity contribution is -0.113. The third-order valence-corrected chi connectivity index (χ3v) is 3.77. The summed E-state index contributed by atoms with van der Waals surface area (Å²) in [5.74, 6) is 0.799. The molecule has 2 rings (SSSR count). The van der Waals surface area contributed by atoms with Gasteiger partial charge in [-0.15, -0.1) is 10.2 Å². The maximum Gasteiger partial charge on any atom is 0.234 e. The largest absolute Gasteiger partial charge is 0.495 e. The summed E-state index contributed by atoms with van der Waals surface area (Å²) in [4.78, 5) is 12.0. The third-order valence-electron chi connectivity index (χ3n) is 2.81. The van der Waals surface area contributed by atoms with Gasteiger partial charge >= 0.3 is 0 Å². The van der Waals surface area contributed by atoms with Gasteiger partial charge in [0.15, 0.2) is 5.16 Å². The lowest BCUT2D eigenvalue weighted by Gasteiger charge is -2.11. The number of carbonyl (C=O) groups is 1. The molecule has 0 bridgehead atoms. The van der Waals surface area contributed by atoms with Gasteiger partial charge in [-0.3, -0.25) is 4.79 Å². The minimum Gasteiger partial charge on any atom is -0.495 e. The molecule has 0 aliphatic heterocycles. The van der Waals surface area contributed by atoms with Crippen LogP contribution in [0, 0.1) is 0 Å². The Balaban J connectivity index is 1.95. The Morgan fingerprint density at radius 3 is 2.90 bits per heavy atom. The van der Waals surface area contributed by atoms with Crippen LogP contribution in [-0.4, -0.2) is 33.5 Å². The predicted octanol–water partition coefficient (Wildman–Crippen LogP) is 2.60. The first-order valence-electron chi connectivity index (χ1n) is 6.57. The number of carbonyl (C=O) groups excluding carboxylic acids is 1. The van der Waals surface area contributed by atoms with Crippen molar-refractivity contribution in [2.75, 3.05) is 18.2 Å². The highest BCUT2D eigenvalue weighted by atomic mass is 32.2. The predicted molar refractivity (Wildman–Crippen MR) is 82.8 cm³/mol. The summed E-state index contributed by atoms with van der Waals surface area (Å²) in [5, 5.41) is 11.5. The number of hydrogen-bond donors (Lipinski definition) is 1. The van der Waals surface area contributed by atoms with E-state index in [2.05, 4.69) is 15.5 Å². The summed E-state index contributed by atoms with van der Waals surface area (Å²) in [7, 11) is 1.57. The van der Waals surface area contributed by atoms with Crippen LogP contribution in [-0.2, 0) is 4.79 Å². The standard InChI is InChI=1S/C14H18N4O2S/c1-10(2)18-9-15-17-14(18)21-8-13(19)16-11-6-4-5-7-12(11)20-3/h4-7,9-10H,8H2,1-3H3,(H,16,19). The van der Waals surface area contributed by atoms with Gasteiger partial charge in [0.05, 0.1) is 18.6 Å². The number of benzene rings is 1. The van der Waals surface area contributed by atoms with Crippen LogP contribution in [0.1, 0.15) is 19.9 Å². The number of amides is 1. The van der Waals surface area contributed by atoms with Crippen LogP contribution in [0.5, 0.6) is 5.75 Å². The lowest BCUT2D eigenvalue weighted by Crippen LogP contribution is -2.15. The minimum absolute atomic E-state index is 0.109. The number of aromatic nitrogens is 3. The molecule has 0 fully saturated rings. The number of para-hydroxylation sites is 2. The molecule has 0 saturated carbocycles. The molecular formula is C14H18N4O2S. The zero-order valence-electron chi connectivity index (χ0n) is 12.2. The summed E-state index contributed by atoms with van der Waals surface area (Å²) in [6.07, 6.45) is 1.67. The zero-order chi connectivity index (χ0) is 15.2. The van der Waals surface area contributed by atoms with Gasteiger partial charge < -0.3 is 14.6 Å².